The molecule has 1 aromatic heterocycles. The highest BCUT2D eigenvalue weighted by atomic mass is 16.4. The lowest BCUT2D eigenvalue weighted by Crippen LogP contribution is -2.27. The van der Waals surface area contributed by atoms with Crippen LogP contribution in [0.2, 0.25) is 0 Å². The summed E-state index contributed by atoms with van der Waals surface area (Å²) in [5.74, 6) is -0.906. The largest absolute Gasteiger partial charge is 0.478 e. The molecule has 0 atom stereocenters. The lowest BCUT2D eigenvalue weighted by atomic mass is 10.1. The molecule has 0 unspecified atom stereocenters. The van der Waals surface area contributed by atoms with Crippen LogP contribution in [0.5, 0.6) is 0 Å². The van der Waals surface area contributed by atoms with Crippen molar-refractivity contribution in [1.82, 2.24) is 14.8 Å². The fraction of sp³-hybridized carbons (Fsp3) is 0.462. The van der Waals surface area contributed by atoms with Gasteiger partial charge in [0.25, 0.3) is 0 Å². The van der Waals surface area contributed by atoms with Gasteiger partial charge in [-0.1, -0.05) is 36.9 Å². The molecule has 0 bridgehead atoms. The Balaban J connectivity index is 1.32. The van der Waals surface area contributed by atoms with Gasteiger partial charge in [0, 0.05) is 43.8 Å². The SMILES string of the molecule is C=C(CCCc1cc(C(=O)O)ccn1)N(C)CCCCN(Cc1ccccc1)C1CC1. The zero-order valence-electron chi connectivity index (χ0n) is 18.7. The molecule has 0 radical (unpaired) electrons. The van der Waals surface area contributed by atoms with Crippen molar-refractivity contribution in [2.24, 2.45) is 0 Å². The molecular weight excluding hydrogens is 386 g/mol. The molecule has 31 heavy (non-hydrogen) atoms. The second-order valence-electron chi connectivity index (χ2n) is 8.58. The van der Waals surface area contributed by atoms with E-state index in [2.05, 4.69) is 58.7 Å². The molecule has 0 saturated heterocycles. The lowest BCUT2D eigenvalue weighted by molar-refractivity contribution is 0.0696. The van der Waals surface area contributed by atoms with Crippen LogP contribution in [-0.2, 0) is 13.0 Å². The summed E-state index contributed by atoms with van der Waals surface area (Å²) >= 11 is 0. The predicted octanol–water partition coefficient (Wildman–Crippen LogP) is 4.99. The molecule has 1 fully saturated rings. The van der Waals surface area contributed by atoms with Crippen molar-refractivity contribution < 1.29 is 9.90 Å². The maximum Gasteiger partial charge on any atom is 0.335 e. The van der Waals surface area contributed by atoms with Gasteiger partial charge in [-0.2, -0.15) is 0 Å². The van der Waals surface area contributed by atoms with Crippen LogP contribution in [0.1, 0.15) is 60.1 Å². The Morgan fingerprint density at radius 3 is 2.58 bits per heavy atom. The molecular formula is C26H35N3O2. The summed E-state index contributed by atoms with van der Waals surface area (Å²) < 4.78 is 0. The highest BCUT2D eigenvalue weighted by Crippen LogP contribution is 2.28. The van der Waals surface area contributed by atoms with E-state index in [0.29, 0.717) is 5.56 Å². The third-order valence-corrected chi connectivity index (χ3v) is 5.98. The van der Waals surface area contributed by atoms with Gasteiger partial charge in [-0.25, -0.2) is 4.79 Å². The Bertz CT molecular complexity index is 849. The number of carboxylic acids is 1. The van der Waals surface area contributed by atoms with E-state index in [-0.39, 0.29) is 0 Å². The number of aryl methyl sites for hydroxylation is 1. The van der Waals surface area contributed by atoms with Crippen molar-refractivity contribution in [3.63, 3.8) is 0 Å². The average molecular weight is 422 g/mol. The summed E-state index contributed by atoms with van der Waals surface area (Å²) in [4.78, 5) is 20.3. The van der Waals surface area contributed by atoms with Gasteiger partial charge in [0.05, 0.1) is 5.56 Å². The fourth-order valence-electron chi connectivity index (χ4n) is 3.88. The monoisotopic (exact) mass is 421 g/mol. The number of benzene rings is 1. The van der Waals surface area contributed by atoms with Crippen molar-refractivity contribution >= 4 is 5.97 Å². The Kier molecular flexibility index (Phi) is 8.65. The van der Waals surface area contributed by atoms with E-state index in [0.717, 1.165) is 62.8 Å². The maximum absolute atomic E-state index is 11.1. The van der Waals surface area contributed by atoms with Gasteiger partial charge in [-0.15, -0.1) is 0 Å². The quantitative estimate of drug-likeness (QED) is 0.435. The molecule has 1 N–H and O–H groups in total. The van der Waals surface area contributed by atoms with Crippen LogP contribution < -0.4 is 0 Å². The second kappa shape index (κ2) is 11.7. The number of allylic oxidation sites excluding steroid dienone is 1. The Hall–Kier alpha value is -2.66. The number of rotatable bonds is 14. The summed E-state index contributed by atoms with van der Waals surface area (Å²) in [6.07, 6.45) is 9.21. The molecule has 1 aliphatic rings. The van der Waals surface area contributed by atoms with E-state index in [1.165, 1.54) is 30.9 Å². The Morgan fingerprint density at radius 1 is 1.13 bits per heavy atom. The van der Waals surface area contributed by atoms with Gasteiger partial charge >= 0.3 is 5.97 Å². The van der Waals surface area contributed by atoms with E-state index in [1.807, 2.05) is 0 Å². The van der Waals surface area contributed by atoms with Crippen LogP contribution in [0, 0.1) is 0 Å². The number of carbonyl (C=O) groups is 1. The standard InChI is InChI=1S/C26H35N3O2/c1-21(9-8-12-24-19-23(26(30)31)15-16-27-24)28(2)17-6-7-18-29(25-13-14-25)20-22-10-4-3-5-11-22/h3-5,10-11,15-16,19,25H,1,6-9,12-14,17-18,20H2,2H3,(H,30,31). The second-order valence-corrected chi connectivity index (χ2v) is 8.58. The van der Waals surface area contributed by atoms with Crippen LogP contribution >= 0.6 is 0 Å². The summed E-state index contributed by atoms with van der Waals surface area (Å²) in [7, 11) is 2.12. The highest BCUT2D eigenvalue weighted by molar-refractivity contribution is 5.87. The summed E-state index contributed by atoms with van der Waals surface area (Å²) in [6, 6.07) is 14.7. The lowest BCUT2D eigenvalue weighted by Gasteiger charge is -2.24. The molecule has 5 heteroatoms. The molecule has 2 aromatic rings. The number of hydrogen-bond donors (Lipinski definition) is 1. The van der Waals surface area contributed by atoms with Gasteiger partial charge < -0.3 is 10.0 Å². The minimum Gasteiger partial charge on any atom is -0.478 e. The van der Waals surface area contributed by atoms with Crippen LogP contribution in [0.25, 0.3) is 0 Å². The third kappa shape index (κ3) is 7.83. The molecule has 1 saturated carbocycles. The van der Waals surface area contributed by atoms with Crippen molar-refractivity contribution in [2.75, 3.05) is 20.1 Å². The van der Waals surface area contributed by atoms with E-state index >= 15 is 0 Å². The average Bonchev–Trinajstić information content (AvgIpc) is 3.62. The van der Waals surface area contributed by atoms with Crippen molar-refractivity contribution in [3.8, 4) is 0 Å². The van der Waals surface area contributed by atoms with Crippen LogP contribution in [0.3, 0.4) is 0 Å². The van der Waals surface area contributed by atoms with E-state index in [9.17, 15) is 4.79 Å². The van der Waals surface area contributed by atoms with E-state index in [1.54, 1.807) is 12.3 Å². The maximum atomic E-state index is 11.1. The molecule has 1 aliphatic carbocycles. The van der Waals surface area contributed by atoms with E-state index < -0.39 is 5.97 Å². The zero-order chi connectivity index (χ0) is 22.1. The molecule has 166 valence electrons. The molecule has 1 aromatic carbocycles. The van der Waals surface area contributed by atoms with Gasteiger partial charge in [0.1, 0.15) is 0 Å². The van der Waals surface area contributed by atoms with Gasteiger partial charge in [0.2, 0.25) is 0 Å². The van der Waals surface area contributed by atoms with Gasteiger partial charge in [-0.05, 0) is 69.2 Å². The van der Waals surface area contributed by atoms with Gasteiger partial charge in [-0.3, -0.25) is 9.88 Å². The number of aromatic carboxylic acids is 1. The number of unbranched alkanes of at least 4 members (excludes halogenated alkanes) is 1. The molecule has 5 nitrogen and oxygen atoms in total. The van der Waals surface area contributed by atoms with Crippen LogP contribution in [0.4, 0.5) is 0 Å². The van der Waals surface area contributed by atoms with Crippen LogP contribution in [0.15, 0.2) is 60.9 Å². The minimum absolute atomic E-state index is 0.299. The number of pyridine rings is 1. The molecule has 0 amide bonds. The molecule has 1 heterocycles. The molecule has 0 aliphatic heterocycles. The normalized spacial score (nSPS) is 13.4. The van der Waals surface area contributed by atoms with E-state index in [4.69, 9.17) is 5.11 Å². The number of hydrogen-bond acceptors (Lipinski definition) is 4. The first-order valence-corrected chi connectivity index (χ1v) is 11.4. The summed E-state index contributed by atoms with van der Waals surface area (Å²) in [6.45, 7) is 7.48. The number of nitrogens with zero attached hydrogens (tertiary/aromatic N) is 3. The number of carboxylic acid groups (broad SMARTS) is 1. The van der Waals surface area contributed by atoms with Crippen molar-refractivity contribution in [2.45, 2.75) is 57.5 Å². The van der Waals surface area contributed by atoms with Crippen molar-refractivity contribution in [1.29, 1.82) is 0 Å². The molecule has 3 rings (SSSR count). The zero-order valence-corrected chi connectivity index (χ0v) is 18.7. The Morgan fingerprint density at radius 2 is 1.87 bits per heavy atom. The number of aromatic nitrogens is 1. The first kappa shape index (κ1) is 23.0. The predicted molar refractivity (Wildman–Crippen MR) is 125 cm³/mol. The van der Waals surface area contributed by atoms with Crippen molar-refractivity contribution in [3.05, 3.63) is 77.8 Å². The first-order chi connectivity index (χ1) is 15.0. The smallest absolute Gasteiger partial charge is 0.335 e. The van der Waals surface area contributed by atoms with Crippen LogP contribution in [-0.4, -0.2) is 52.0 Å². The summed E-state index contributed by atoms with van der Waals surface area (Å²) in [5, 5.41) is 9.09. The fourth-order valence-corrected chi connectivity index (χ4v) is 3.88. The summed E-state index contributed by atoms with van der Waals surface area (Å²) in [5.41, 5.74) is 3.67. The minimum atomic E-state index is -0.906. The Labute approximate surface area is 186 Å². The topological polar surface area (TPSA) is 56.7 Å². The first-order valence-electron chi connectivity index (χ1n) is 11.4. The van der Waals surface area contributed by atoms with Gasteiger partial charge in [0.15, 0.2) is 0 Å². The highest BCUT2D eigenvalue weighted by Gasteiger charge is 2.28. The third-order valence-electron chi connectivity index (χ3n) is 5.98. The molecule has 0 spiro atoms.